The standard InChI is InChI=1S/C21H27ClN4OS/c22-18-9-6-16(7-10-18)8-11-19(27)25-12-14-26(15-13-25)21-24-23-20(28-21)17-4-2-1-3-5-17/h6-7,9-10,17H,1-5,8,11-15H2. The summed E-state index contributed by atoms with van der Waals surface area (Å²) in [6.45, 7) is 3.20. The Balaban J connectivity index is 1.25. The molecular weight excluding hydrogens is 392 g/mol. The van der Waals surface area contributed by atoms with Crippen LogP contribution in [0.25, 0.3) is 0 Å². The molecule has 7 heteroatoms. The SMILES string of the molecule is O=C(CCc1ccc(Cl)cc1)N1CCN(c2nnc(C3CCCCC3)s2)CC1. The Morgan fingerprint density at radius 3 is 2.46 bits per heavy atom. The Morgan fingerprint density at radius 1 is 1.04 bits per heavy atom. The van der Waals surface area contributed by atoms with Crippen LogP contribution >= 0.6 is 22.9 Å². The predicted molar refractivity (Wildman–Crippen MR) is 114 cm³/mol. The van der Waals surface area contributed by atoms with Gasteiger partial charge in [0.15, 0.2) is 0 Å². The summed E-state index contributed by atoms with van der Waals surface area (Å²) in [4.78, 5) is 16.8. The van der Waals surface area contributed by atoms with Gasteiger partial charge in [-0.05, 0) is 37.0 Å². The van der Waals surface area contributed by atoms with Gasteiger partial charge in [0.05, 0.1) is 0 Å². The number of rotatable bonds is 5. The number of benzene rings is 1. The maximum absolute atomic E-state index is 12.5. The van der Waals surface area contributed by atoms with E-state index in [0.29, 0.717) is 12.3 Å². The fourth-order valence-electron chi connectivity index (χ4n) is 4.08. The molecule has 1 aromatic carbocycles. The van der Waals surface area contributed by atoms with E-state index in [4.69, 9.17) is 11.6 Å². The maximum atomic E-state index is 12.5. The van der Waals surface area contributed by atoms with Crippen molar-refractivity contribution in [1.82, 2.24) is 15.1 Å². The summed E-state index contributed by atoms with van der Waals surface area (Å²) in [6.07, 6.45) is 7.81. The van der Waals surface area contributed by atoms with Crippen molar-refractivity contribution in [3.05, 3.63) is 39.9 Å². The van der Waals surface area contributed by atoms with Gasteiger partial charge in [0.1, 0.15) is 5.01 Å². The average Bonchev–Trinajstić information content (AvgIpc) is 3.24. The average molecular weight is 419 g/mol. The third-order valence-electron chi connectivity index (χ3n) is 5.83. The smallest absolute Gasteiger partial charge is 0.223 e. The van der Waals surface area contributed by atoms with Crippen LogP contribution < -0.4 is 4.90 Å². The van der Waals surface area contributed by atoms with Gasteiger partial charge in [-0.15, -0.1) is 10.2 Å². The summed E-state index contributed by atoms with van der Waals surface area (Å²) in [6, 6.07) is 7.74. The molecule has 150 valence electrons. The van der Waals surface area contributed by atoms with Crippen LogP contribution in [0.5, 0.6) is 0 Å². The van der Waals surface area contributed by atoms with Gasteiger partial charge in [0.25, 0.3) is 0 Å². The number of carbonyl (C=O) groups is 1. The highest BCUT2D eigenvalue weighted by Crippen LogP contribution is 2.36. The van der Waals surface area contributed by atoms with Crippen molar-refractivity contribution in [3.8, 4) is 0 Å². The molecule has 1 aliphatic carbocycles. The summed E-state index contributed by atoms with van der Waals surface area (Å²) >= 11 is 7.67. The van der Waals surface area contributed by atoms with E-state index in [0.717, 1.165) is 48.3 Å². The number of hydrogen-bond donors (Lipinski definition) is 0. The van der Waals surface area contributed by atoms with Crippen molar-refractivity contribution in [2.75, 3.05) is 31.1 Å². The fourth-order valence-corrected chi connectivity index (χ4v) is 5.27. The first-order chi connectivity index (χ1) is 13.7. The molecule has 1 amide bonds. The summed E-state index contributed by atoms with van der Waals surface area (Å²) in [5, 5.41) is 11.9. The number of halogens is 1. The van der Waals surface area contributed by atoms with Crippen molar-refractivity contribution < 1.29 is 4.79 Å². The Labute approximate surface area is 175 Å². The van der Waals surface area contributed by atoms with Crippen molar-refractivity contribution in [1.29, 1.82) is 0 Å². The first kappa shape index (κ1) is 19.6. The molecule has 2 aliphatic rings. The van der Waals surface area contributed by atoms with Gasteiger partial charge >= 0.3 is 0 Å². The largest absolute Gasteiger partial charge is 0.343 e. The van der Waals surface area contributed by atoms with Crippen molar-refractivity contribution in [3.63, 3.8) is 0 Å². The summed E-state index contributed by atoms with van der Waals surface area (Å²) in [5.74, 6) is 0.838. The highest BCUT2D eigenvalue weighted by Gasteiger charge is 2.25. The first-order valence-corrected chi connectivity index (χ1v) is 11.5. The number of piperazine rings is 1. The quantitative estimate of drug-likeness (QED) is 0.716. The normalized spacial score (nSPS) is 18.5. The van der Waals surface area contributed by atoms with Gasteiger partial charge in [-0.1, -0.05) is 54.3 Å². The van der Waals surface area contributed by atoms with Crippen molar-refractivity contribution >= 4 is 34.0 Å². The van der Waals surface area contributed by atoms with Crippen LogP contribution in [-0.2, 0) is 11.2 Å². The molecule has 2 aromatic rings. The first-order valence-electron chi connectivity index (χ1n) is 10.3. The Bertz CT molecular complexity index is 780. The number of carbonyl (C=O) groups excluding carboxylic acids is 1. The zero-order valence-corrected chi connectivity index (χ0v) is 17.7. The zero-order valence-electron chi connectivity index (χ0n) is 16.1. The second-order valence-electron chi connectivity index (χ2n) is 7.75. The van der Waals surface area contributed by atoms with Gasteiger partial charge < -0.3 is 9.80 Å². The van der Waals surface area contributed by atoms with E-state index in [1.165, 1.54) is 37.1 Å². The second kappa shape index (κ2) is 9.23. The van der Waals surface area contributed by atoms with Crippen LogP contribution in [0.3, 0.4) is 0 Å². The minimum Gasteiger partial charge on any atom is -0.343 e. The molecule has 28 heavy (non-hydrogen) atoms. The number of amides is 1. The summed E-state index contributed by atoms with van der Waals surface area (Å²) in [5.41, 5.74) is 1.15. The molecule has 1 saturated heterocycles. The van der Waals surface area contributed by atoms with Crippen molar-refractivity contribution in [2.45, 2.75) is 50.9 Å². The molecule has 0 radical (unpaired) electrons. The molecule has 0 spiro atoms. The fraction of sp³-hybridized carbons (Fsp3) is 0.571. The van der Waals surface area contributed by atoms with E-state index in [1.807, 2.05) is 29.2 Å². The Morgan fingerprint density at radius 2 is 1.75 bits per heavy atom. The molecule has 0 atom stereocenters. The van der Waals surface area contributed by atoms with Gasteiger partial charge in [0, 0.05) is 43.5 Å². The van der Waals surface area contributed by atoms with E-state index in [2.05, 4.69) is 15.1 Å². The summed E-state index contributed by atoms with van der Waals surface area (Å²) in [7, 11) is 0. The van der Waals surface area contributed by atoms with Crippen LogP contribution in [0.2, 0.25) is 5.02 Å². The van der Waals surface area contributed by atoms with Crippen LogP contribution in [0.1, 0.15) is 55.0 Å². The van der Waals surface area contributed by atoms with Gasteiger partial charge in [-0.2, -0.15) is 0 Å². The van der Waals surface area contributed by atoms with Crippen LogP contribution in [0.4, 0.5) is 5.13 Å². The van der Waals surface area contributed by atoms with E-state index in [9.17, 15) is 4.79 Å². The van der Waals surface area contributed by atoms with E-state index >= 15 is 0 Å². The zero-order chi connectivity index (χ0) is 19.3. The maximum Gasteiger partial charge on any atom is 0.223 e. The lowest BCUT2D eigenvalue weighted by Crippen LogP contribution is -2.48. The number of aryl methyl sites for hydroxylation is 1. The van der Waals surface area contributed by atoms with Gasteiger partial charge in [-0.25, -0.2) is 0 Å². The van der Waals surface area contributed by atoms with Crippen LogP contribution in [0.15, 0.2) is 24.3 Å². The topological polar surface area (TPSA) is 49.3 Å². The monoisotopic (exact) mass is 418 g/mol. The summed E-state index contributed by atoms with van der Waals surface area (Å²) < 4.78 is 0. The molecule has 1 aromatic heterocycles. The highest BCUT2D eigenvalue weighted by molar-refractivity contribution is 7.15. The molecule has 5 nitrogen and oxygen atoms in total. The molecule has 1 aliphatic heterocycles. The second-order valence-corrected chi connectivity index (χ2v) is 9.18. The third kappa shape index (κ3) is 4.84. The van der Waals surface area contributed by atoms with Gasteiger partial charge in [-0.3, -0.25) is 4.79 Å². The minimum absolute atomic E-state index is 0.231. The molecule has 0 unspecified atom stereocenters. The third-order valence-corrected chi connectivity index (χ3v) is 7.23. The molecule has 0 bridgehead atoms. The predicted octanol–water partition coefficient (Wildman–Crippen LogP) is 4.52. The van der Waals surface area contributed by atoms with Crippen molar-refractivity contribution in [2.24, 2.45) is 0 Å². The number of aromatic nitrogens is 2. The van der Waals surface area contributed by atoms with Crippen LogP contribution in [-0.4, -0.2) is 47.2 Å². The minimum atomic E-state index is 0.231. The number of hydrogen-bond acceptors (Lipinski definition) is 5. The van der Waals surface area contributed by atoms with E-state index in [1.54, 1.807) is 11.3 Å². The van der Waals surface area contributed by atoms with Crippen LogP contribution in [0, 0.1) is 0 Å². The van der Waals surface area contributed by atoms with E-state index < -0.39 is 0 Å². The highest BCUT2D eigenvalue weighted by atomic mass is 35.5. The lowest BCUT2D eigenvalue weighted by Gasteiger charge is -2.34. The lowest BCUT2D eigenvalue weighted by atomic mass is 9.90. The molecule has 1 saturated carbocycles. The lowest BCUT2D eigenvalue weighted by molar-refractivity contribution is -0.131. The molecule has 4 rings (SSSR count). The molecule has 2 fully saturated rings. The molecular formula is C21H27ClN4OS. The Hall–Kier alpha value is -1.66. The Kier molecular flexibility index (Phi) is 6.47. The number of anilines is 1. The molecule has 2 heterocycles. The van der Waals surface area contributed by atoms with Gasteiger partial charge in [0.2, 0.25) is 11.0 Å². The molecule has 0 N–H and O–H groups in total. The number of nitrogens with zero attached hydrogens (tertiary/aromatic N) is 4. The van der Waals surface area contributed by atoms with E-state index in [-0.39, 0.29) is 5.91 Å².